The van der Waals surface area contributed by atoms with E-state index >= 15 is 0 Å². The number of carboxylic acid groups (broad SMARTS) is 1. The summed E-state index contributed by atoms with van der Waals surface area (Å²) < 4.78 is 26.2. The Labute approximate surface area is 101 Å². The Kier molecular flexibility index (Phi) is 4.72. The summed E-state index contributed by atoms with van der Waals surface area (Å²) >= 11 is 0. The molecule has 1 saturated heterocycles. The minimum atomic E-state index is -3.40. The van der Waals surface area contributed by atoms with Crippen LogP contribution in [0.3, 0.4) is 0 Å². The molecule has 8 heteroatoms. The Morgan fingerprint density at radius 2 is 2.18 bits per heavy atom. The van der Waals surface area contributed by atoms with Gasteiger partial charge < -0.3 is 14.9 Å². The molecule has 1 fully saturated rings. The predicted molar refractivity (Wildman–Crippen MR) is 63.5 cm³/mol. The number of hydrogen-bond donors (Lipinski definition) is 2. The van der Waals surface area contributed by atoms with Crippen LogP contribution < -0.4 is 4.72 Å². The molecule has 0 aliphatic carbocycles. The molecule has 7 nitrogen and oxygen atoms in total. The average Bonchev–Trinajstić information content (AvgIpc) is 2.65. The Balaban J connectivity index is 2.46. The highest BCUT2D eigenvalue weighted by atomic mass is 32.2. The number of hydrogen-bond acceptors (Lipinski definition) is 4. The Hall–Kier alpha value is -0.860. The third kappa shape index (κ3) is 4.14. The molecule has 17 heavy (non-hydrogen) atoms. The topological polar surface area (TPSA) is 90.0 Å². The van der Waals surface area contributed by atoms with Gasteiger partial charge in [0, 0.05) is 26.2 Å². The van der Waals surface area contributed by atoms with Crippen LogP contribution in [-0.2, 0) is 10.0 Å². The van der Waals surface area contributed by atoms with Crippen LogP contribution >= 0.6 is 0 Å². The third-order valence-corrected chi connectivity index (χ3v) is 4.59. The van der Waals surface area contributed by atoms with E-state index in [0.29, 0.717) is 19.5 Å². The number of nitrogens with one attached hydrogen (secondary N) is 1. The third-order valence-electron chi connectivity index (χ3n) is 2.72. The summed E-state index contributed by atoms with van der Waals surface area (Å²) in [5, 5.41) is 8.13. The van der Waals surface area contributed by atoms with Crippen LogP contribution in [0.2, 0.25) is 0 Å². The molecule has 1 aliphatic heterocycles. The first-order valence-corrected chi connectivity index (χ1v) is 6.98. The molecule has 0 aromatic heterocycles. The first-order valence-electron chi connectivity index (χ1n) is 5.44. The lowest BCUT2D eigenvalue weighted by Crippen LogP contribution is -2.39. The van der Waals surface area contributed by atoms with Gasteiger partial charge in [-0.3, -0.25) is 0 Å². The zero-order chi connectivity index (χ0) is 13.1. The van der Waals surface area contributed by atoms with Gasteiger partial charge in [-0.05, 0) is 20.5 Å². The quantitative estimate of drug-likeness (QED) is 0.680. The van der Waals surface area contributed by atoms with Gasteiger partial charge in [-0.25, -0.2) is 17.9 Å². The van der Waals surface area contributed by atoms with Crippen molar-refractivity contribution in [3.63, 3.8) is 0 Å². The van der Waals surface area contributed by atoms with Gasteiger partial charge in [0.15, 0.2) is 0 Å². The number of likely N-dealkylation sites (tertiary alicyclic amines) is 1. The van der Waals surface area contributed by atoms with Crippen molar-refractivity contribution in [1.29, 1.82) is 0 Å². The van der Waals surface area contributed by atoms with Gasteiger partial charge in [0.1, 0.15) is 0 Å². The van der Waals surface area contributed by atoms with Crippen LogP contribution in [0.5, 0.6) is 0 Å². The Bertz CT molecular complexity index is 368. The smallest absolute Gasteiger partial charge is 0.407 e. The largest absolute Gasteiger partial charge is 0.465 e. The zero-order valence-electron chi connectivity index (χ0n) is 10.1. The fourth-order valence-electron chi connectivity index (χ4n) is 1.68. The second kappa shape index (κ2) is 5.65. The molecule has 1 atom stereocenters. The highest BCUT2D eigenvalue weighted by Crippen LogP contribution is 2.15. The molecular weight excluding hydrogens is 246 g/mol. The van der Waals surface area contributed by atoms with E-state index < -0.39 is 21.4 Å². The standard InChI is InChI=1S/C9H19N3O4S/c1-11(2)6-4-10-17(15,16)8-3-5-12(7-8)9(13)14/h8,10H,3-7H2,1-2H3,(H,13,14). The summed E-state index contributed by atoms with van der Waals surface area (Å²) in [6.07, 6.45) is -0.695. The van der Waals surface area contributed by atoms with E-state index in [-0.39, 0.29) is 13.1 Å². The summed E-state index contributed by atoms with van der Waals surface area (Å²) in [6.45, 7) is 1.31. The molecule has 0 aromatic rings. The predicted octanol–water partition coefficient (Wildman–Crippen LogP) is -0.780. The fourth-order valence-corrected chi connectivity index (χ4v) is 3.09. The maximum atomic E-state index is 11.8. The molecule has 100 valence electrons. The minimum absolute atomic E-state index is 0.0621. The van der Waals surface area contributed by atoms with E-state index in [4.69, 9.17) is 5.11 Å². The molecule has 1 rings (SSSR count). The molecule has 0 radical (unpaired) electrons. The van der Waals surface area contributed by atoms with E-state index in [1.165, 1.54) is 0 Å². The lowest BCUT2D eigenvalue weighted by molar-refractivity contribution is 0.156. The van der Waals surface area contributed by atoms with E-state index in [2.05, 4.69) is 4.72 Å². The van der Waals surface area contributed by atoms with E-state index in [9.17, 15) is 13.2 Å². The van der Waals surface area contributed by atoms with Gasteiger partial charge in [0.25, 0.3) is 0 Å². The normalized spacial score (nSPS) is 21.1. The highest BCUT2D eigenvalue weighted by Gasteiger charge is 2.34. The van der Waals surface area contributed by atoms with Crippen molar-refractivity contribution in [1.82, 2.24) is 14.5 Å². The van der Waals surface area contributed by atoms with Gasteiger partial charge in [-0.15, -0.1) is 0 Å². The van der Waals surface area contributed by atoms with Crippen molar-refractivity contribution in [2.75, 3.05) is 40.3 Å². The lowest BCUT2D eigenvalue weighted by Gasteiger charge is -2.15. The number of amides is 1. The first-order chi connectivity index (χ1) is 7.83. The van der Waals surface area contributed by atoms with E-state index in [0.717, 1.165) is 4.90 Å². The van der Waals surface area contributed by atoms with Crippen LogP contribution in [0, 0.1) is 0 Å². The molecule has 1 aliphatic rings. The van der Waals surface area contributed by atoms with Crippen molar-refractivity contribution in [3.05, 3.63) is 0 Å². The summed E-state index contributed by atoms with van der Waals surface area (Å²) in [4.78, 5) is 13.7. The number of nitrogens with zero attached hydrogens (tertiary/aromatic N) is 2. The number of likely N-dealkylation sites (N-methyl/N-ethyl adjacent to an activating group) is 1. The Morgan fingerprint density at radius 3 is 2.65 bits per heavy atom. The summed E-state index contributed by atoms with van der Waals surface area (Å²) in [6, 6.07) is 0. The SMILES string of the molecule is CN(C)CCNS(=O)(=O)C1CCN(C(=O)O)C1. The maximum Gasteiger partial charge on any atom is 0.407 e. The van der Waals surface area contributed by atoms with Gasteiger partial charge in [0.2, 0.25) is 10.0 Å². The van der Waals surface area contributed by atoms with Crippen LogP contribution in [0.1, 0.15) is 6.42 Å². The van der Waals surface area contributed by atoms with Crippen molar-refractivity contribution in [2.45, 2.75) is 11.7 Å². The molecule has 1 unspecified atom stereocenters. The summed E-state index contributed by atoms with van der Waals surface area (Å²) in [5.74, 6) is 0. The Morgan fingerprint density at radius 1 is 1.53 bits per heavy atom. The van der Waals surface area contributed by atoms with Crippen molar-refractivity contribution in [3.8, 4) is 0 Å². The molecule has 2 N–H and O–H groups in total. The van der Waals surface area contributed by atoms with Gasteiger partial charge in [-0.1, -0.05) is 0 Å². The number of sulfonamides is 1. The van der Waals surface area contributed by atoms with Gasteiger partial charge >= 0.3 is 6.09 Å². The average molecular weight is 265 g/mol. The second-order valence-electron chi connectivity index (χ2n) is 4.38. The lowest BCUT2D eigenvalue weighted by atomic mass is 10.4. The van der Waals surface area contributed by atoms with Crippen LogP contribution in [0.4, 0.5) is 4.79 Å². The summed E-state index contributed by atoms with van der Waals surface area (Å²) in [5.41, 5.74) is 0. The van der Waals surface area contributed by atoms with Crippen molar-refractivity contribution < 1.29 is 18.3 Å². The minimum Gasteiger partial charge on any atom is -0.465 e. The van der Waals surface area contributed by atoms with Gasteiger partial charge in [-0.2, -0.15) is 0 Å². The summed E-state index contributed by atoms with van der Waals surface area (Å²) in [7, 11) is 0.311. The molecular formula is C9H19N3O4S. The van der Waals surface area contributed by atoms with Crippen LogP contribution in [0.15, 0.2) is 0 Å². The first kappa shape index (κ1) is 14.2. The second-order valence-corrected chi connectivity index (χ2v) is 6.43. The van der Waals surface area contributed by atoms with E-state index in [1.807, 2.05) is 19.0 Å². The number of rotatable bonds is 5. The van der Waals surface area contributed by atoms with Gasteiger partial charge in [0.05, 0.1) is 5.25 Å². The monoisotopic (exact) mass is 265 g/mol. The zero-order valence-corrected chi connectivity index (χ0v) is 10.9. The highest BCUT2D eigenvalue weighted by molar-refractivity contribution is 7.90. The number of carbonyl (C=O) groups is 1. The van der Waals surface area contributed by atoms with Crippen molar-refractivity contribution in [2.24, 2.45) is 0 Å². The molecule has 0 spiro atoms. The van der Waals surface area contributed by atoms with Crippen molar-refractivity contribution >= 4 is 16.1 Å². The molecule has 0 bridgehead atoms. The van der Waals surface area contributed by atoms with E-state index in [1.54, 1.807) is 0 Å². The molecule has 1 amide bonds. The molecule has 1 heterocycles. The van der Waals surface area contributed by atoms with Crippen LogP contribution in [-0.4, -0.2) is 74.9 Å². The fraction of sp³-hybridized carbons (Fsp3) is 0.889. The molecule has 0 saturated carbocycles. The maximum absolute atomic E-state index is 11.8. The van der Waals surface area contributed by atoms with Crippen LogP contribution in [0.25, 0.3) is 0 Å². The molecule has 0 aromatic carbocycles.